The molecule has 5 nitrogen and oxygen atoms in total. The van der Waals surface area contributed by atoms with Crippen LogP contribution in [0.3, 0.4) is 0 Å². The van der Waals surface area contributed by atoms with Gasteiger partial charge in [-0.05, 0) is 25.5 Å². The highest BCUT2D eigenvalue weighted by Gasteiger charge is 2.31. The van der Waals surface area contributed by atoms with E-state index < -0.39 is 17.4 Å². The molecule has 0 saturated carbocycles. The maximum atomic E-state index is 11.9. The van der Waals surface area contributed by atoms with Crippen LogP contribution in [0.4, 0.5) is 0 Å². The van der Waals surface area contributed by atoms with Crippen LogP contribution >= 0.6 is 0 Å². The Kier molecular flexibility index (Phi) is 6.79. The van der Waals surface area contributed by atoms with Crippen LogP contribution < -0.4 is 0 Å². The monoisotopic (exact) mass is 306 g/mol. The molecule has 0 aromatic heterocycles. The average molecular weight is 306 g/mol. The topological polar surface area (TPSA) is 72.8 Å². The Hall–Kier alpha value is -2.14. The fourth-order valence-corrected chi connectivity index (χ4v) is 1.67. The smallest absolute Gasteiger partial charge is 0.338 e. The summed E-state index contributed by atoms with van der Waals surface area (Å²) in [5.74, 6) is -1.00. The van der Waals surface area contributed by atoms with Crippen LogP contribution in [0.15, 0.2) is 42.5 Å². The first-order valence-corrected chi connectivity index (χ1v) is 7.10. The quantitative estimate of drug-likeness (QED) is 0.589. The summed E-state index contributed by atoms with van der Waals surface area (Å²) in [7, 11) is 0. The Morgan fingerprint density at radius 1 is 1.18 bits per heavy atom. The predicted octanol–water partition coefficient (Wildman–Crippen LogP) is 2.35. The van der Waals surface area contributed by atoms with Crippen LogP contribution in [-0.2, 0) is 14.3 Å². The largest absolute Gasteiger partial charge is 0.462 e. The van der Waals surface area contributed by atoms with Crippen molar-refractivity contribution in [1.29, 1.82) is 0 Å². The number of hydrogen-bond donors (Lipinski definition) is 1. The number of carbonyl (C=O) groups excluding carboxylic acids is 2. The molecule has 0 aliphatic heterocycles. The lowest BCUT2D eigenvalue weighted by Gasteiger charge is -2.29. The number of aliphatic hydroxyl groups excluding tert-OH is 1. The van der Waals surface area contributed by atoms with Crippen molar-refractivity contribution >= 4 is 11.9 Å². The SMILES string of the molecule is C=C(C)C(=O)OCC(CC)(CO)COC(=O)c1ccccc1. The van der Waals surface area contributed by atoms with E-state index in [4.69, 9.17) is 9.47 Å². The van der Waals surface area contributed by atoms with Gasteiger partial charge in [0, 0.05) is 5.57 Å². The highest BCUT2D eigenvalue weighted by molar-refractivity contribution is 5.89. The van der Waals surface area contributed by atoms with E-state index in [2.05, 4.69) is 6.58 Å². The second kappa shape index (κ2) is 8.34. The van der Waals surface area contributed by atoms with Gasteiger partial charge in [-0.3, -0.25) is 0 Å². The van der Waals surface area contributed by atoms with Crippen molar-refractivity contribution in [1.82, 2.24) is 0 Å². The molecule has 0 saturated heterocycles. The van der Waals surface area contributed by atoms with Gasteiger partial charge in [0.1, 0.15) is 13.2 Å². The third kappa shape index (κ3) is 5.00. The van der Waals surface area contributed by atoms with Crippen LogP contribution in [0.25, 0.3) is 0 Å². The fraction of sp³-hybridized carbons (Fsp3) is 0.412. The summed E-state index contributed by atoms with van der Waals surface area (Å²) in [6, 6.07) is 8.58. The van der Waals surface area contributed by atoms with Crippen molar-refractivity contribution in [3.63, 3.8) is 0 Å². The van der Waals surface area contributed by atoms with E-state index in [1.165, 1.54) is 0 Å². The second-order valence-electron chi connectivity index (χ2n) is 5.31. The molecule has 1 N–H and O–H groups in total. The molecular weight excluding hydrogens is 284 g/mol. The van der Waals surface area contributed by atoms with Gasteiger partial charge in [-0.1, -0.05) is 31.7 Å². The molecule has 0 radical (unpaired) electrons. The van der Waals surface area contributed by atoms with E-state index in [9.17, 15) is 14.7 Å². The molecule has 0 aliphatic rings. The molecule has 1 aromatic rings. The summed E-state index contributed by atoms with van der Waals surface area (Å²) in [5.41, 5.74) is -0.0937. The third-order valence-corrected chi connectivity index (χ3v) is 3.46. The molecule has 0 heterocycles. The maximum Gasteiger partial charge on any atom is 0.338 e. The van der Waals surface area contributed by atoms with E-state index in [-0.39, 0.29) is 25.4 Å². The molecule has 5 heteroatoms. The lowest BCUT2D eigenvalue weighted by molar-refractivity contribution is -0.145. The zero-order valence-corrected chi connectivity index (χ0v) is 13.0. The van der Waals surface area contributed by atoms with Crippen molar-refractivity contribution in [2.75, 3.05) is 19.8 Å². The summed E-state index contributed by atoms with van der Waals surface area (Å²) in [5, 5.41) is 9.61. The van der Waals surface area contributed by atoms with Gasteiger partial charge in [0.15, 0.2) is 0 Å². The molecule has 1 rings (SSSR count). The molecule has 0 aliphatic carbocycles. The average Bonchev–Trinajstić information content (AvgIpc) is 2.55. The van der Waals surface area contributed by atoms with Crippen LogP contribution in [-0.4, -0.2) is 36.9 Å². The Labute approximate surface area is 130 Å². The van der Waals surface area contributed by atoms with Crippen molar-refractivity contribution in [3.8, 4) is 0 Å². The van der Waals surface area contributed by atoms with Gasteiger partial charge in [0.25, 0.3) is 0 Å². The number of benzene rings is 1. The lowest BCUT2D eigenvalue weighted by Crippen LogP contribution is -2.37. The van der Waals surface area contributed by atoms with Crippen molar-refractivity contribution in [2.24, 2.45) is 5.41 Å². The number of esters is 2. The third-order valence-electron chi connectivity index (χ3n) is 3.46. The van der Waals surface area contributed by atoms with E-state index in [1.807, 2.05) is 6.92 Å². The van der Waals surface area contributed by atoms with Gasteiger partial charge in [0.05, 0.1) is 17.6 Å². The highest BCUT2D eigenvalue weighted by Crippen LogP contribution is 2.23. The van der Waals surface area contributed by atoms with Crippen molar-refractivity contribution < 1.29 is 24.2 Å². The number of rotatable bonds is 8. The molecule has 1 unspecified atom stereocenters. The highest BCUT2D eigenvalue weighted by atomic mass is 16.5. The van der Waals surface area contributed by atoms with Crippen molar-refractivity contribution in [3.05, 3.63) is 48.0 Å². The maximum absolute atomic E-state index is 11.9. The predicted molar refractivity (Wildman–Crippen MR) is 82.3 cm³/mol. The first-order valence-electron chi connectivity index (χ1n) is 7.10. The normalized spacial score (nSPS) is 13.0. The summed E-state index contributed by atoms with van der Waals surface area (Å²) >= 11 is 0. The van der Waals surface area contributed by atoms with E-state index in [0.717, 1.165) is 0 Å². The minimum Gasteiger partial charge on any atom is -0.462 e. The minimum atomic E-state index is -0.810. The Bertz CT molecular complexity index is 517. The van der Waals surface area contributed by atoms with Gasteiger partial charge in [0.2, 0.25) is 0 Å². The summed E-state index contributed by atoms with van der Waals surface area (Å²) < 4.78 is 10.4. The number of hydrogen-bond acceptors (Lipinski definition) is 5. The van der Waals surface area contributed by atoms with Gasteiger partial charge >= 0.3 is 11.9 Å². The van der Waals surface area contributed by atoms with Gasteiger partial charge < -0.3 is 14.6 Å². The standard InChI is InChI=1S/C17H22O5/c1-4-17(10-18,11-21-15(19)13(2)3)12-22-16(20)14-8-6-5-7-9-14/h5-9,18H,2,4,10-12H2,1,3H3. The van der Waals surface area contributed by atoms with Crippen molar-refractivity contribution in [2.45, 2.75) is 20.3 Å². The zero-order chi connectivity index (χ0) is 16.6. The molecule has 1 aromatic carbocycles. The molecule has 120 valence electrons. The van der Waals surface area contributed by atoms with E-state index >= 15 is 0 Å². The van der Waals surface area contributed by atoms with Crippen LogP contribution in [0.2, 0.25) is 0 Å². The fourth-order valence-electron chi connectivity index (χ4n) is 1.67. The molecule has 1 atom stereocenters. The van der Waals surface area contributed by atoms with E-state index in [1.54, 1.807) is 37.3 Å². The summed E-state index contributed by atoms with van der Waals surface area (Å²) in [6.07, 6.45) is 0.495. The van der Waals surface area contributed by atoms with Gasteiger partial charge in [-0.25, -0.2) is 9.59 Å². The lowest BCUT2D eigenvalue weighted by atomic mass is 9.88. The van der Waals surface area contributed by atoms with Gasteiger partial charge in [-0.2, -0.15) is 0 Å². The molecule has 0 spiro atoms. The molecule has 0 amide bonds. The Morgan fingerprint density at radius 3 is 2.27 bits per heavy atom. The zero-order valence-electron chi connectivity index (χ0n) is 13.0. The summed E-state index contributed by atoms with van der Waals surface area (Å²) in [4.78, 5) is 23.4. The minimum absolute atomic E-state index is 0.0306. The first kappa shape index (κ1) is 17.9. The Morgan fingerprint density at radius 2 is 1.77 bits per heavy atom. The molecule has 22 heavy (non-hydrogen) atoms. The van der Waals surface area contributed by atoms with Crippen LogP contribution in [0, 0.1) is 5.41 Å². The second-order valence-corrected chi connectivity index (χ2v) is 5.31. The molecular formula is C17H22O5. The summed E-state index contributed by atoms with van der Waals surface area (Å²) in [6.45, 7) is 6.56. The molecule has 0 bridgehead atoms. The first-order chi connectivity index (χ1) is 10.4. The van der Waals surface area contributed by atoms with Crippen LogP contribution in [0.1, 0.15) is 30.6 Å². The Balaban J connectivity index is 2.65. The molecule has 0 fully saturated rings. The number of ether oxygens (including phenoxy) is 2. The van der Waals surface area contributed by atoms with Gasteiger partial charge in [-0.15, -0.1) is 0 Å². The van der Waals surface area contributed by atoms with Crippen LogP contribution in [0.5, 0.6) is 0 Å². The number of aliphatic hydroxyl groups is 1. The van der Waals surface area contributed by atoms with E-state index in [0.29, 0.717) is 12.0 Å². The number of carbonyl (C=O) groups is 2.